The second-order valence-electron chi connectivity index (χ2n) is 6.71. The van der Waals surface area contributed by atoms with Crippen molar-refractivity contribution in [1.29, 1.82) is 0 Å². The first-order chi connectivity index (χ1) is 13.1. The topological polar surface area (TPSA) is 84.6 Å². The van der Waals surface area contributed by atoms with E-state index in [0.29, 0.717) is 30.8 Å². The average molecular weight is 520 g/mol. The van der Waals surface area contributed by atoms with Crippen molar-refractivity contribution in [3.05, 3.63) is 46.6 Å². The number of hydrogen-bond donors (Lipinski definition) is 2. The van der Waals surface area contributed by atoms with Crippen LogP contribution in [0.2, 0.25) is 5.02 Å². The van der Waals surface area contributed by atoms with Gasteiger partial charge in [-0.1, -0.05) is 28.9 Å². The Balaban J connectivity index is 0.00000280. The van der Waals surface area contributed by atoms with Gasteiger partial charge < -0.3 is 19.9 Å². The SMILES string of the molecule is CCOC(C)c1noc(CNC(=NC)NCC2(c3cccc(Cl)c3)CC2)n1.I. The van der Waals surface area contributed by atoms with Crippen molar-refractivity contribution in [3.8, 4) is 0 Å². The van der Waals surface area contributed by atoms with E-state index in [9.17, 15) is 0 Å². The van der Waals surface area contributed by atoms with Gasteiger partial charge in [0.25, 0.3) is 0 Å². The van der Waals surface area contributed by atoms with Crippen LogP contribution in [0.1, 0.15) is 50.1 Å². The summed E-state index contributed by atoms with van der Waals surface area (Å²) >= 11 is 6.14. The molecule has 1 heterocycles. The predicted molar refractivity (Wildman–Crippen MR) is 120 cm³/mol. The molecule has 1 aromatic carbocycles. The molecule has 0 aliphatic heterocycles. The van der Waals surface area contributed by atoms with Gasteiger partial charge in [0.1, 0.15) is 6.10 Å². The summed E-state index contributed by atoms with van der Waals surface area (Å²) in [5.41, 5.74) is 1.40. The van der Waals surface area contributed by atoms with Gasteiger partial charge in [-0.25, -0.2) is 0 Å². The van der Waals surface area contributed by atoms with E-state index in [4.69, 9.17) is 20.9 Å². The fourth-order valence-corrected chi connectivity index (χ4v) is 3.19. The van der Waals surface area contributed by atoms with Crippen LogP contribution in [0.5, 0.6) is 0 Å². The number of aromatic nitrogens is 2. The number of guanidine groups is 1. The van der Waals surface area contributed by atoms with E-state index in [1.165, 1.54) is 5.56 Å². The van der Waals surface area contributed by atoms with Crippen molar-refractivity contribution in [2.75, 3.05) is 20.2 Å². The molecule has 1 aliphatic rings. The van der Waals surface area contributed by atoms with Crippen molar-refractivity contribution in [1.82, 2.24) is 20.8 Å². The standard InChI is InChI=1S/C19H26ClN5O2.HI/c1-4-26-13(2)17-24-16(27-25-17)11-22-18(21-3)23-12-19(8-9-19)14-6-5-7-15(20)10-14;/h5-7,10,13H,4,8-9,11-12H2,1-3H3,(H2,21,22,23);1H. The number of nitrogens with zero attached hydrogens (tertiary/aromatic N) is 3. The van der Waals surface area contributed by atoms with Crippen LogP contribution in [0.4, 0.5) is 0 Å². The highest BCUT2D eigenvalue weighted by atomic mass is 127. The summed E-state index contributed by atoms with van der Waals surface area (Å²) in [6.45, 7) is 5.63. The van der Waals surface area contributed by atoms with Gasteiger partial charge in [-0.3, -0.25) is 4.99 Å². The van der Waals surface area contributed by atoms with Crippen molar-refractivity contribution >= 4 is 41.5 Å². The minimum atomic E-state index is -0.183. The highest BCUT2D eigenvalue weighted by Gasteiger charge is 2.44. The highest BCUT2D eigenvalue weighted by Crippen LogP contribution is 2.48. The zero-order chi connectivity index (χ0) is 19.3. The zero-order valence-corrected chi connectivity index (χ0v) is 19.5. The molecule has 1 aliphatic carbocycles. The second kappa shape index (κ2) is 10.4. The number of hydrogen-bond acceptors (Lipinski definition) is 5. The first kappa shape index (κ1) is 22.9. The molecule has 9 heteroatoms. The molecule has 1 unspecified atom stereocenters. The van der Waals surface area contributed by atoms with E-state index < -0.39 is 0 Å². The number of benzene rings is 1. The molecule has 0 spiro atoms. The summed E-state index contributed by atoms with van der Waals surface area (Å²) in [5, 5.41) is 11.3. The van der Waals surface area contributed by atoms with Gasteiger partial charge in [-0.05, 0) is 44.4 Å². The van der Waals surface area contributed by atoms with Gasteiger partial charge in [0.2, 0.25) is 5.89 Å². The van der Waals surface area contributed by atoms with Crippen LogP contribution in [0, 0.1) is 0 Å². The molecule has 3 rings (SSSR count). The first-order valence-corrected chi connectivity index (χ1v) is 9.59. The molecule has 1 saturated carbocycles. The maximum Gasteiger partial charge on any atom is 0.246 e. The maximum absolute atomic E-state index is 6.14. The van der Waals surface area contributed by atoms with Gasteiger partial charge >= 0.3 is 0 Å². The lowest BCUT2D eigenvalue weighted by Gasteiger charge is -2.19. The van der Waals surface area contributed by atoms with E-state index in [-0.39, 0.29) is 35.5 Å². The van der Waals surface area contributed by atoms with E-state index >= 15 is 0 Å². The molecule has 2 N–H and O–H groups in total. The lowest BCUT2D eigenvalue weighted by atomic mass is 9.96. The molecular formula is C19H27ClIN5O2. The lowest BCUT2D eigenvalue weighted by molar-refractivity contribution is 0.0683. The zero-order valence-electron chi connectivity index (χ0n) is 16.4. The second-order valence-corrected chi connectivity index (χ2v) is 7.15. The first-order valence-electron chi connectivity index (χ1n) is 9.21. The van der Waals surface area contributed by atoms with Crippen molar-refractivity contribution in [2.45, 2.75) is 44.8 Å². The molecule has 1 atom stereocenters. The van der Waals surface area contributed by atoms with Crippen LogP contribution >= 0.6 is 35.6 Å². The monoisotopic (exact) mass is 519 g/mol. The Bertz CT molecular complexity index is 794. The van der Waals surface area contributed by atoms with Gasteiger partial charge in [-0.2, -0.15) is 4.98 Å². The molecule has 1 aromatic heterocycles. The third-order valence-electron chi connectivity index (χ3n) is 4.78. The number of aliphatic imine (C=N–C) groups is 1. The third kappa shape index (κ3) is 5.81. The van der Waals surface area contributed by atoms with Crippen molar-refractivity contribution in [3.63, 3.8) is 0 Å². The Hall–Kier alpha value is -1.39. The average Bonchev–Trinajstić information content (AvgIpc) is 3.31. The van der Waals surface area contributed by atoms with Crippen LogP contribution in [-0.2, 0) is 16.7 Å². The molecule has 0 saturated heterocycles. The summed E-state index contributed by atoms with van der Waals surface area (Å²) in [7, 11) is 1.74. The highest BCUT2D eigenvalue weighted by molar-refractivity contribution is 14.0. The van der Waals surface area contributed by atoms with Crippen molar-refractivity contribution < 1.29 is 9.26 Å². The maximum atomic E-state index is 6.14. The van der Waals surface area contributed by atoms with E-state index in [1.807, 2.05) is 32.0 Å². The van der Waals surface area contributed by atoms with Crippen LogP contribution in [0.15, 0.2) is 33.8 Å². The Labute approximate surface area is 187 Å². The molecule has 154 valence electrons. The molecular weight excluding hydrogens is 493 g/mol. The van der Waals surface area contributed by atoms with Gasteiger partial charge in [-0.15, -0.1) is 24.0 Å². The van der Waals surface area contributed by atoms with E-state index in [1.54, 1.807) is 7.05 Å². The minimum absolute atomic E-state index is 0. The number of nitrogens with one attached hydrogen (secondary N) is 2. The minimum Gasteiger partial charge on any atom is -0.371 e. The van der Waals surface area contributed by atoms with Gasteiger partial charge in [0.05, 0.1) is 6.54 Å². The van der Waals surface area contributed by atoms with Crippen LogP contribution < -0.4 is 10.6 Å². The fraction of sp³-hybridized carbons (Fsp3) is 0.526. The molecule has 1 fully saturated rings. The largest absolute Gasteiger partial charge is 0.371 e. The molecule has 0 amide bonds. The Morgan fingerprint density at radius 2 is 2.18 bits per heavy atom. The summed E-state index contributed by atoms with van der Waals surface area (Å²) in [4.78, 5) is 8.62. The Morgan fingerprint density at radius 1 is 1.39 bits per heavy atom. The van der Waals surface area contributed by atoms with Gasteiger partial charge in [0.15, 0.2) is 11.8 Å². The summed E-state index contributed by atoms with van der Waals surface area (Å²) < 4.78 is 10.7. The summed E-state index contributed by atoms with van der Waals surface area (Å²) in [6.07, 6.45) is 2.09. The van der Waals surface area contributed by atoms with E-state index in [2.05, 4.69) is 31.8 Å². The molecule has 7 nitrogen and oxygen atoms in total. The summed E-state index contributed by atoms with van der Waals surface area (Å²) in [6, 6.07) is 8.09. The summed E-state index contributed by atoms with van der Waals surface area (Å²) in [5.74, 6) is 1.74. The van der Waals surface area contributed by atoms with Crippen molar-refractivity contribution in [2.24, 2.45) is 4.99 Å². The van der Waals surface area contributed by atoms with Crippen LogP contribution in [0.3, 0.4) is 0 Å². The Morgan fingerprint density at radius 3 is 2.82 bits per heavy atom. The fourth-order valence-electron chi connectivity index (χ4n) is 3.00. The molecule has 0 bridgehead atoms. The van der Waals surface area contributed by atoms with Gasteiger partial charge in [0, 0.05) is 30.6 Å². The number of ether oxygens (including phenoxy) is 1. The number of halogens is 2. The third-order valence-corrected chi connectivity index (χ3v) is 5.01. The normalized spacial score (nSPS) is 16.2. The smallest absolute Gasteiger partial charge is 0.246 e. The quantitative estimate of drug-likeness (QED) is 0.313. The van der Waals surface area contributed by atoms with Crippen LogP contribution in [0.25, 0.3) is 0 Å². The number of rotatable bonds is 8. The van der Waals surface area contributed by atoms with Crippen LogP contribution in [-0.4, -0.2) is 36.3 Å². The molecule has 2 aromatic rings. The molecule has 28 heavy (non-hydrogen) atoms. The molecule has 0 radical (unpaired) electrons. The van der Waals surface area contributed by atoms with E-state index in [0.717, 1.165) is 24.4 Å². The predicted octanol–water partition coefficient (Wildman–Crippen LogP) is 3.84. The lowest BCUT2D eigenvalue weighted by Crippen LogP contribution is -2.41. The Kier molecular flexibility index (Phi) is 8.51.